The Hall–Kier alpha value is -2.71. The van der Waals surface area contributed by atoms with Gasteiger partial charge in [-0.05, 0) is 155 Å². The first-order valence-corrected chi connectivity index (χ1v) is 26.8. The molecule has 1 saturated heterocycles. The van der Waals surface area contributed by atoms with Crippen molar-refractivity contribution >= 4 is 17.9 Å². The molecular formula is C56H100N2O6. The number of esters is 3. The highest BCUT2D eigenvalue weighted by Gasteiger charge is 2.44. The van der Waals surface area contributed by atoms with Crippen molar-refractivity contribution in [3.05, 3.63) is 48.6 Å². The van der Waals surface area contributed by atoms with Gasteiger partial charge in [0.1, 0.15) is 18.8 Å². The molecule has 0 aliphatic carbocycles. The normalized spacial score (nSPS) is 16.0. The first-order chi connectivity index (χ1) is 31.2. The maximum Gasteiger partial charge on any atom is 0.311 e. The fraction of sp³-hybridized carbons (Fsp3) is 0.804. The summed E-state index contributed by atoms with van der Waals surface area (Å²) in [5, 5.41) is 0. The molecule has 2 atom stereocenters. The second-order valence-electron chi connectivity index (χ2n) is 18.8. The lowest BCUT2D eigenvalue weighted by Gasteiger charge is -2.24. The van der Waals surface area contributed by atoms with Crippen molar-refractivity contribution < 1.29 is 28.6 Å². The molecule has 2 unspecified atom stereocenters. The molecule has 1 aliphatic heterocycles. The third kappa shape index (κ3) is 33.7. The lowest BCUT2D eigenvalue weighted by molar-refractivity contribution is -0.165. The number of rotatable bonds is 43. The lowest BCUT2D eigenvalue weighted by Crippen LogP contribution is -2.35. The third-order valence-corrected chi connectivity index (χ3v) is 12.4. The largest absolute Gasteiger partial charge is 0.464 e. The first kappa shape index (κ1) is 59.3. The summed E-state index contributed by atoms with van der Waals surface area (Å²) in [6, 6.07) is 0. The standard InChI is InChI=1S/C56H100N2O6/c1-7-11-15-19-23-27-31-35-40-50(41-36-32-28-24-20-16-12-8-2)63-55(60)52-48-58(46-47-62-54(59)44-39-45-57(5)6)49-53(52)56(61)64-51(42-37-33-29-25-21-17-13-9-3)43-38-34-30-26-22-18-14-10-4/h23-30,50-53H,7-22,31-49H2,1-6H3/b27-23-,28-24-,29-25-,30-26-. The summed E-state index contributed by atoms with van der Waals surface area (Å²) in [4.78, 5) is 45.3. The van der Waals surface area contributed by atoms with Crippen molar-refractivity contribution in [2.45, 2.75) is 233 Å². The molecule has 0 N–H and O–H groups in total. The molecule has 0 saturated carbocycles. The summed E-state index contributed by atoms with van der Waals surface area (Å²) < 4.78 is 18.5. The molecule has 0 spiro atoms. The molecule has 0 aromatic rings. The molecule has 1 heterocycles. The molecular weight excluding hydrogens is 797 g/mol. The van der Waals surface area contributed by atoms with E-state index in [1.165, 1.54) is 77.0 Å². The predicted molar refractivity (Wildman–Crippen MR) is 270 cm³/mol. The van der Waals surface area contributed by atoms with Crippen molar-refractivity contribution in [1.29, 1.82) is 0 Å². The molecule has 0 aromatic heterocycles. The Kier molecular flexibility index (Phi) is 39.8. The van der Waals surface area contributed by atoms with E-state index in [2.05, 4.69) is 86.1 Å². The number of allylic oxidation sites excluding steroid dienone is 8. The van der Waals surface area contributed by atoms with E-state index in [0.29, 0.717) is 26.1 Å². The van der Waals surface area contributed by atoms with E-state index >= 15 is 0 Å². The van der Waals surface area contributed by atoms with E-state index in [1.54, 1.807) is 0 Å². The van der Waals surface area contributed by atoms with Gasteiger partial charge in [0.25, 0.3) is 0 Å². The van der Waals surface area contributed by atoms with Crippen LogP contribution in [-0.2, 0) is 28.6 Å². The third-order valence-electron chi connectivity index (χ3n) is 12.4. The van der Waals surface area contributed by atoms with E-state index in [9.17, 15) is 14.4 Å². The number of hydrogen-bond acceptors (Lipinski definition) is 8. The van der Waals surface area contributed by atoms with Crippen molar-refractivity contribution in [1.82, 2.24) is 9.80 Å². The monoisotopic (exact) mass is 897 g/mol. The summed E-state index contributed by atoms with van der Waals surface area (Å²) in [7, 11) is 3.99. The van der Waals surface area contributed by atoms with Gasteiger partial charge in [-0.25, -0.2) is 0 Å². The van der Waals surface area contributed by atoms with Gasteiger partial charge >= 0.3 is 17.9 Å². The maximum atomic E-state index is 14.3. The number of likely N-dealkylation sites (tertiary alicyclic amines) is 1. The van der Waals surface area contributed by atoms with Crippen molar-refractivity contribution in [3.63, 3.8) is 0 Å². The molecule has 0 amide bonds. The van der Waals surface area contributed by atoms with Crippen LogP contribution in [-0.4, -0.2) is 86.8 Å². The molecule has 0 bridgehead atoms. The first-order valence-electron chi connectivity index (χ1n) is 26.8. The van der Waals surface area contributed by atoms with Gasteiger partial charge in [0, 0.05) is 26.1 Å². The average molecular weight is 897 g/mol. The number of carbonyl (C=O) groups excluding carboxylic acids is 3. The molecule has 1 rings (SSSR count). The molecule has 0 aromatic carbocycles. The molecule has 1 aliphatic rings. The topological polar surface area (TPSA) is 85.4 Å². The lowest BCUT2D eigenvalue weighted by atomic mass is 9.95. The van der Waals surface area contributed by atoms with Gasteiger partial charge in [-0.2, -0.15) is 0 Å². The minimum Gasteiger partial charge on any atom is -0.464 e. The zero-order valence-corrected chi connectivity index (χ0v) is 42.5. The van der Waals surface area contributed by atoms with Crippen molar-refractivity contribution in [3.8, 4) is 0 Å². The highest BCUT2D eigenvalue weighted by atomic mass is 16.6. The second-order valence-corrected chi connectivity index (χ2v) is 18.8. The average Bonchev–Trinajstić information content (AvgIpc) is 3.71. The SMILES string of the molecule is CCCCC/C=C\CCCC(CCC/C=C\CCCCC)OC(=O)C1CN(CCOC(=O)CCCN(C)C)CC1C(=O)OC(CCC/C=C\CCCCC)CCC/C=C\CCCCC. The quantitative estimate of drug-likeness (QED) is 0.0259. The number of nitrogens with zero attached hydrogens (tertiary/aromatic N) is 2. The smallest absolute Gasteiger partial charge is 0.311 e. The van der Waals surface area contributed by atoms with Crippen LogP contribution in [0.3, 0.4) is 0 Å². The van der Waals surface area contributed by atoms with Crippen LogP contribution >= 0.6 is 0 Å². The van der Waals surface area contributed by atoms with Crippen molar-refractivity contribution in [2.75, 3.05) is 46.9 Å². The predicted octanol–water partition coefficient (Wildman–Crippen LogP) is 14.5. The Labute approximate surface area is 394 Å². The molecule has 8 nitrogen and oxygen atoms in total. The number of ether oxygens (including phenoxy) is 3. The van der Waals surface area contributed by atoms with Crippen molar-refractivity contribution in [2.24, 2.45) is 11.8 Å². The number of hydrogen-bond donors (Lipinski definition) is 0. The molecule has 1 fully saturated rings. The second kappa shape index (κ2) is 42.9. The minimum absolute atomic E-state index is 0.193. The van der Waals surface area contributed by atoms with Gasteiger partial charge < -0.3 is 19.1 Å². The van der Waals surface area contributed by atoms with Crippen LogP contribution in [0.5, 0.6) is 0 Å². The highest BCUT2D eigenvalue weighted by Crippen LogP contribution is 2.29. The fourth-order valence-corrected chi connectivity index (χ4v) is 8.32. The van der Waals surface area contributed by atoms with Crippen LogP contribution in [0.1, 0.15) is 220 Å². The minimum atomic E-state index is -0.625. The zero-order chi connectivity index (χ0) is 46.7. The van der Waals surface area contributed by atoms with E-state index < -0.39 is 11.8 Å². The molecule has 0 radical (unpaired) electrons. The Morgan fingerprint density at radius 3 is 1.14 bits per heavy atom. The molecule has 64 heavy (non-hydrogen) atoms. The highest BCUT2D eigenvalue weighted by molar-refractivity contribution is 5.83. The van der Waals surface area contributed by atoms with E-state index in [0.717, 1.165) is 116 Å². The zero-order valence-electron chi connectivity index (χ0n) is 42.5. The van der Waals surface area contributed by atoms with Crippen LogP contribution < -0.4 is 0 Å². The van der Waals surface area contributed by atoms with E-state index in [4.69, 9.17) is 14.2 Å². The van der Waals surface area contributed by atoms with Gasteiger partial charge in [-0.3, -0.25) is 19.3 Å². The Balaban J connectivity index is 3.14. The van der Waals surface area contributed by atoms with E-state index in [1.807, 2.05) is 14.1 Å². The van der Waals surface area contributed by atoms with Crippen LogP contribution in [0.15, 0.2) is 48.6 Å². The van der Waals surface area contributed by atoms with Gasteiger partial charge in [-0.1, -0.05) is 128 Å². The Morgan fingerprint density at radius 1 is 0.500 bits per heavy atom. The number of carbonyl (C=O) groups is 3. The number of unbranched alkanes of at least 4 members (excludes halogenated alkanes) is 16. The van der Waals surface area contributed by atoms with Gasteiger partial charge in [-0.15, -0.1) is 0 Å². The van der Waals surface area contributed by atoms with Gasteiger partial charge in [0.05, 0.1) is 11.8 Å². The summed E-state index contributed by atoms with van der Waals surface area (Å²) in [6.07, 6.45) is 49.4. The Morgan fingerprint density at radius 2 is 0.828 bits per heavy atom. The summed E-state index contributed by atoms with van der Waals surface area (Å²) >= 11 is 0. The summed E-state index contributed by atoms with van der Waals surface area (Å²) in [6.45, 7) is 11.2. The van der Waals surface area contributed by atoms with Crippen LogP contribution in [0.2, 0.25) is 0 Å². The summed E-state index contributed by atoms with van der Waals surface area (Å²) in [5.74, 6) is -2.05. The van der Waals surface area contributed by atoms with Crippen LogP contribution in [0, 0.1) is 11.8 Å². The molecule has 8 heteroatoms. The maximum absolute atomic E-state index is 14.3. The fourth-order valence-electron chi connectivity index (χ4n) is 8.32. The van der Waals surface area contributed by atoms with Gasteiger partial charge in [0.15, 0.2) is 0 Å². The van der Waals surface area contributed by atoms with Crippen LogP contribution in [0.25, 0.3) is 0 Å². The summed E-state index contributed by atoms with van der Waals surface area (Å²) in [5.41, 5.74) is 0. The van der Waals surface area contributed by atoms with Gasteiger partial charge in [0.2, 0.25) is 0 Å². The van der Waals surface area contributed by atoms with Crippen LogP contribution in [0.4, 0.5) is 0 Å². The van der Waals surface area contributed by atoms with E-state index in [-0.39, 0.29) is 36.7 Å². The Bertz CT molecular complexity index is 1110. The molecule has 370 valence electrons.